The van der Waals surface area contributed by atoms with Gasteiger partial charge in [0.1, 0.15) is 11.6 Å². The lowest BCUT2D eigenvalue weighted by atomic mass is 10.2. The fourth-order valence-corrected chi connectivity index (χ4v) is 1.38. The van der Waals surface area contributed by atoms with Gasteiger partial charge in [0.25, 0.3) is 6.43 Å². The maximum atomic E-state index is 12.7. The number of phenols is 1. The fraction of sp³-hybridized carbons (Fsp3) is 0.0769. The monoisotopic (exact) mass is 254 g/mol. The smallest absolute Gasteiger partial charge is 0.263 e. The van der Waals surface area contributed by atoms with Crippen LogP contribution in [-0.4, -0.2) is 5.11 Å². The Balaban J connectivity index is 2.27. The van der Waals surface area contributed by atoms with E-state index in [-0.39, 0.29) is 22.8 Å². The van der Waals surface area contributed by atoms with Crippen molar-refractivity contribution in [1.82, 2.24) is 0 Å². The van der Waals surface area contributed by atoms with E-state index in [1.54, 1.807) is 0 Å². The summed E-state index contributed by atoms with van der Waals surface area (Å²) in [6, 6.07) is 8.29. The first kappa shape index (κ1) is 12.3. The molecule has 2 rings (SSSR count). The summed E-state index contributed by atoms with van der Waals surface area (Å²) in [6.07, 6.45) is -2.65. The number of benzene rings is 2. The highest BCUT2D eigenvalue weighted by atomic mass is 19.3. The molecule has 0 amide bonds. The molecule has 2 aromatic rings. The molecule has 5 heteroatoms. The lowest BCUT2D eigenvalue weighted by Gasteiger charge is -2.09. The second-order valence-corrected chi connectivity index (χ2v) is 3.58. The Morgan fingerprint density at radius 1 is 1.00 bits per heavy atom. The van der Waals surface area contributed by atoms with E-state index in [9.17, 15) is 18.3 Å². The van der Waals surface area contributed by atoms with Crippen LogP contribution in [0.2, 0.25) is 0 Å². The van der Waals surface area contributed by atoms with Crippen molar-refractivity contribution < 1.29 is 23.0 Å². The van der Waals surface area contributed by atoms with Crippen molar-refractivity contribution in [1.29, 1.82) is 0 Å². The lowest BCUT2D eigenvalue weighted by molar-refractivity contribution is 0.151. The minimum absolute atomic E-state index is 0.0978. The van der Waals surface area contributed by atoms with Crippen LogP contribution in [0.25, 0.3) is 0 Å². The first-order valence-corrected chi connectivity index (χ1v) is 5.11. The van der Waals surface area contributed by atoms with Gasteiger partial charge in [0.15, 0.2) is 11.5 Å². The van der Waals surface area contributed by atoms with Crippen LogP contribution in [-0.2, 0) is 0 Å². The van der Waals surface area contributed by atoms with E-state index in [0.717, 1.165) is 18.2 Å². The predicted molar refractivity (Wildman–Crippen MR) is 59.5 cm³/mol. The Morgan fingerprint density at radius 2 is 1.67 bits per heavy atom. The standard InChI is InChI=1S/C13H9F3O2/c14-9-2-4-10(5-3-9)18-12-7-8(13(15)16)1-6-11(12)17/h1-7,13,17H. The molecule has 0 aromatic heterocycles. The Bertz CT molecular complexity index is 538. The van der Waals surface area contributed by atoms with Crippen molar-refractivity contribution >= 4 is 0 Å². The van der Waals surface area contributed by atoms with E-state index in [2.05, 4.69) is 0 Å². The highest BCUT2D eigenvalue weighted by Gasteiger charge is 2.11. The van der Waals surface area contributed by atoms with Gasteiger partial charge in [-0.25, -0.2) is 13.2 Å². The van der Waals surface area contributed by atoms with Gasteiger partial charge < -0.3 is 9.84 Å². The summed E-state index contributed by atoms with van der Waals surface area (Å²) in [5, 5.41) is 9.49. The molecule has 2 aromatic carbocycles. The maximum absolute atomic E-state index is 12.7. The zero-order chi connectivity index (χ0) is 13.1. The second-order valence-electron chi connectivity index (χ2n) is 3.58. The summed E-state index contributed by atoms with van der Waals surface area (Å²) in [5.41, 5.74) is -0.259. The minimum Gasteiger partial charge on any atom is -0.504 e. The van der Waals surface area contributed by atoms with Gasteiger partial charge >= 0.3 is 0 Å². The zero-order valence-electron chi connectivity index (χ0n) is 9.11. The molecule has 0 saturated carbocycles. The van der Waals surface area contributed by atoms with Crippen LogP contribution in [0.1, 0.15) is 12.0 Å². The Hall–Kier alpha value is -2.17. The van der Waals surface area contributed by atoms with Crippen LogP contribution in [0.4, 0.5) is 13.2 Å². The molecule has 0 bridgehead atoms. The van der Waals surface area contributed by atoms with E-state index in [4.69, 9.17) is 4.74 Å². The number of hydrogen-bond acceptors (Lipinski definition) is 2. The van der Waals surface area contributed by atoms with Crippen molar-refractivity contribution in [2.75, 3.05) is 0 Å². The van der Waals surface area contributed by atoms with Gasteiger partial charge in [-0.05, 0) is 42.5 Å². The van der Waals surface area contributed by atoms with Crippen LogP contribution in [0.15, 0.2) is 42.5 Å². The van der Waals surface area contributed by atoms with Crippen molar-refractivity contribution in [2.45, 2.75) is 6.43 Å². The molecule has 0 aliphatic rings. The Labute approximate surface area is 101 Å². The van der Waals surface area contributed by atoms with Crippen molar-refractivity contribution in [3.8, 4) is 17.2 Å². The SMILES string of the molecule is Oc1ccc(C(F)F)cc1Oc1ccc(F)cc1. The van der Waals surface area contributed by atoms with Gasteiger partial charge in [-0.1, -0.05) is 0 Å². The lowest BCUT2D eigenvalue weighted by Crippen LogP contribution is -1.89. The molecule has 0 unspecified atom stereocenters. The Kier molecular flexibility index (Phi) is 3.41. The molecule has 2 nitrogen and oxygen atoms in total. The summed E-state index contributed by atoms with van der Waals surface area (Å²) < 4.78 is 42.8. The molecular formula is C13H9F3O2. The quantitative estimate of drug-likeness (QED) is 0.886. The topological polar surface area (TPSA) is 29.5 Å². The van der Waals surface area contributed by atoms with E-state index < -0.39 is 12.2 Å². The predicted octanol–water partition coefficient (Wildman–Crippen LogP) is 4.26. The van der Waals surface area contributed by atoms with E-state index >= 15 is 0 Å². The third-order valence-electron chi connectivity index (χ3n) is 2.28. The normalized spacial score (nSPS) is 10.7. The van der Waals surface area contributed by atoms with Crippen LogP contribution in [0, 0.1) is 5.82 Å². The molecular weight excluding hydrogens is 245 g/mol. The number of rotatable bonds is 3. The molecule has 0 atom stereocenters. The van der Waals surface area contributed by atoms with Gasteiger partial charge in [-0.2, -0.15) is 0 Å². The van der Waals surface area contributed by atoms with E-state index in [1.165, 1.54) is 24.3 Å². The number of aromatic hydroxyl groups is 1. The minimum atomic E-state index is -2.65. The summed E-state index contributed by atoms with van der Waals surface area (Å²) >= 11 is 0. The summed E-state index contributed by atoms with van der Waals surface area (Å²) in [5.74, 6) is -0.547. The average Bonchev–Trinajstić information content (AvgIpc) is 2.34. The molecule has 0 aliphatic heterocycles. The largest absolute Gasteiger partial charge is 0.504 e. The number of hydrogen-bond donors (Lipinski definition) is 1. The first-order valence-electron chi connectivity index (χ1n) is 5.11. The molecule has 1 N–H and O–H groups in total. The maximum Gasteiger partial charge on any atom is 0.263 e. The van der Waals surface area contributed by atoms with Gasteiger partial charge in [-0.15, -0.1) is 0 Å². The number of halogens is 3. The summed E-state index contributed by atoms with van der Waals surface area (Å²) in [7, 11) is 0. The molecule has 0 heterocycles. The second kappa shape index (κ2) is 5.00. The zero-order valence-corrected chi connectivity index (χ0v) is 9.11. The van der Waals surface area contributed by atoms with Crippen molar-refractivity contribution in [3.05, 3.63) is 53.8 Å². The average molecular weight is 254 g/mol. The number of alkyl halides is 2. The first-order chi connectivity index (χ1) is 8.56. The molecule has 0 saturated heterocycles. The van der Waals surface area contributed by atoms with E-state index in [0.29, 0.717) is 0 Å². The van der Waals surface area contributed by atoms with Crippen LogP contribution in [0.5, 0.6) is 17.2 Å². The third-order valence-corrected chi connectivity index (χ3v) is 2.28. The Morgan fingerprint density at radius 3 is 2.28 bits per heavy atom. The third kappa shape index (κ3) is 2.74. The highest BCUT2D eigenvalue weighted by Crippen LogP contribution is 2.34. The van der Waals surface area contributed by atoms with E-state index in [1.807, 2.05) is 0 Å². The molecule has 0 fully saturated rings. The van der Waals surface area contributed by atoms with Crippen molar-refractivity contribution in [2.24, 2.45) is 0 Å². The van der Waals surface area contributed by atoms with Crippen LogP contribution < -0.4 is 4.74 Å². The van der Waals surface area contributed by atoms with Gasteiger partial charge in [-0.3, -0.25) is 0 Å². The fourth-order valence-electron chi connectivity index (χ4n) is 1.38. The summed E-state index contributed by atoms with van der Waals surface area (Å²) in [4.78, 5) is 0. The van der Waals surface area contributed by atoms with Crippen LogP contribution in [0.3, 0.4) is 0 Å². The molecule has 18 heavy (non-hydrogen) atoms. The van der Waals surface area contributed by atoms with Crippen molar-refractivity contribution in [3.63, 3.8) is 0 Å². The van der Waals surface area contributed by atoms with Gasteiger partial charge in [0, 0.05) is 5.56 Å². The van der Waals surface area contributed by atoms with Gasteiger partial charge in [0.05, 0.1) is 0 Å². The molecule has 94 valence electrons. The highest BCUT2D eigenvalue weighted by molar-refractivity contribution is 5.44. The van der Waals surface area contributed by atoms with Crippen LogP contribution >= 0.6 is 0 Å². The number of ether oxygens (including phenoxy) is 1. The molecule has 0 aliphatic carbocycles. The molecule has 0 spiro atoms. The number of phenolic OH excluding ortho intramolecular Hbond substituents is 1. The van der Waals surface area contributed by atoms with Gasteiger partial charge in [0.2, 0.25) is 0 Å². The summed E-state index contributed by atoms with van der Waals surface area (Å²) in [6.45, 7) is 0. The molecule has 0 radical (unpaired) electrons.